The third-order valence-corrected chi connectivity index (χ3v) is 6.27. The number of sulfonamides is 1. The summed E-state index contributed by atoms with van der Waals surface area (Å²) in [6.07, 6.45) is 2.77. The Balaban J connectivity index is 1.89. The number of nitrogens with zero attached hydrogens (tertiary/aromatic N) is 1. The minimum absolute atomic E-state index is 0.0476. The van der Waals surface area contributed by atoms with E-state index in [1.165, 1.54) is 32.2 Å². The van der Waals surface area contributed by atoms with Gasteiger partial charge in [0.05, 0.1) is 17.3 Å². The minimum atomic E-state index is -4.00. The molecule has 1 heterocycles. The molecule has 0 saturated carbocycles. The number of hydrogen-bond acceptors (Lipinski definition) is 3. The molecular formula is C18H19F2N3O2S. The van der Waals surface area contributed by atoms with Gasteiger partial charge in [0.25, 0.3) is 10.0 Å². The molecule has 1 aliphatic carbocycles. The molecule has 0 aliphatic heterocycles. The minimum Gasteiger partial charge on any atom is -0.363 e. The molecule has 1 aromatic heterocycles. The number of hydrogen-bond donors (Lipinski definition) is 2. The Kier molecular flexibility index (Phi) is 4.53. The molecule has 138 valence electrons. The van der Waals surface area contributed by atoms with Gasteiger partial charge in [0.15, 0.2) is 0 Å². The summed E-state index contributed by atoms with van der Waals surface area (Å²) in [4.78, 5) is 2.98. The number of halogens is 2. The Bertz CT molecular complexity index is 985. The lowest BCUT2D eigenvalue weighted by Gasteiger charge is -2.30. The lowest BCUT2D eigenvalue weighted by atomic mass is 9.79. The summed E-state index contributed by atoms with van der Waals surface area (Å²) in [5.41, 5.74) is -0.146. The molecule has 3 rings (SSSR count). The van der Waals surface area contributed by atoms with Crippen LogP contribution in [0.5, 0.6) is 0 Å². The van der Waals surface area contributed by atoms with Crippen LogP contribution in [0.3, 0.4) is 0 Å². The van der Waals surface area contributed by atoms with Gasteiger partial charge in [0.1, 0.15) is 16.4 Å². The second-order valence-corrected chi connectivity index (χ2v) is 8.68. The average molecular weight is 379 g/mol. The Morgan fingerprint density at radius 2 is 2.12 bits per heavy atom. The molecule has 0 spiro atoms. The number of aromatic nitrogens is 1. The van der Waals surface area contributed by atoms with E-state index in [1.807, 2.05) is 0 Å². The van der Waals surface area contributed by atoms with Crippen LogP contribution >= 0.6 is 0 Å². The molecular weight excluding hydrogens is 360 g/mol. The highest BCUT2D eigenvalue weighted by Crippen LogP contribution is 2.37. The zero-order valence-corrected chi connectivity index (χ0v) is 15.3. The van der Waals surface area contributed by atoms with Crippen molar-refractivity contribution < 1.29 is 17.2 Å². The summed E-state index contributed by atoms with van der Waals surface area (Å²) in [6.45, 7) is 3.05. The fraction of sp³-hybridized carbons (Fsp3) is 0.389. The Hall–Kier alpha value is -2.40. The summed E-state index contributed by atoms with van der Waals surface area (Å²) >= 11 is 0. The van der Waals surface area contributed by atoms with Crippen molar-refractivity contribution in [1.82, 2.24) is 4.98 Å². The van der Waals surface area contributed by atoms with E-state index >= 15 is 0 Å². The van der Waals surface area contributed by atoms with Gasteiger partial charge in [-0.1, -0.05) is 0 Å². The number of H-pyrrole nitrogens is 1. The third-order valence-electron chi connectivity index (χ3n) is 4.84. The van der Waals surface area contributed by atoms with Crippen LogP contribution in [-0.4, -0.2) is 19.1 Å². The molecule has 1 unspecified atom stereocenters. The first-order chi connectivity index (χ1) is 12.1. The van der Waals surface area contributed by atoms with Gasteiger partial charge in [-0.25, -0.2) is 17.2 Å². The van der Waals surface area contributed by atoms with Crippen molar-refractivity contribution in [3.63, 3.8) is 0 Å². The number of benzene rings is 1. The summed E-state index contributed by atoms with van der Waals surface area (Å²) in [7, 11) is -4.00. The van der Waals surface area contributed by atoms with Crippen molar-refractivity contribution in [3.8, 4) is 6.07 Å². The molecule has 2 aromatic rings. The maximum atomic E-state index is 14.2. The highest BCUT2D eigenvalue weighted by molar-refractivity contribution is 7.92. The van der Waals surface area contributed by atoms with Crippen LogP contribution in [0.2, 0.25) is 0 Å². The number of alkyl halides is 1. The van der Waals surface area contributed by atoms with Crippen molar-refractivity contribution >= 4 is 15.7 Å². The summed E-state index contributed by atoms with van der Waals surface area (Å²) < 4.78 is 55.8. The summed E-state index contributed by atoms with van der Waals surface area (Å²) in [5, 5.41) is 8.76. The van der Waals surface area contributed by atoms with Crippen molar-refractivity contribution in [2.45, 2.75) is 43.7 Å². The molecule has 0 fully saturated rings. The van der Waals surface area contributed by atoms with Gasteiger partial charge < -0.3 is 4.98 Å². The highest BCUT2D eigenvalue weighted by atomic mass is 32.2. The molecule has 1 aliphatic rings. The van der Waals surface area contributed by atoms with Gasteiger partial charge in [-0.3, -0.25) is 4.72 Å². The largest absolute Gasteiger partial charge is 0.363 e. The molecule has 1 atom stereocenters. The van der Waals surface area contributed by atoms with Gasteiger partial charge in [-0.2, -0.15) is 5.26 Å². The van der Waals surface area contributed by atoms with Crippen LogP contribution in [0.1, 0.15) is 37.1 Å². The van der Waals surface area contributed by atoms with Crippen molar-refractivity contribution in [2.24, 2.45) is 5.92 Å². The summed E-state index contributed by atoms with van der Waals surface area (Å²) in [6, 6.07) is 5.31. The SMILES string of the molecule is CC(C)(F)C1CCc2c(S(=O)(=O)Nc3ccc(C#N)cc3F)c[nH]c2C1. The van der Waals surface area contributed by atoms with Crippen LogP contribution in [0.15, 0.2) is 29.3 Å². The number of aromatic amines is 1. The van der Waals surface area contributed by atoms with E-state index in [9.17, 15) is 17.2 Å². The van der Waals surface area contributed by atoms with E-state index in [0.29, 0.717) is 30.5 Å². The van der Waals surface area contributed by atoms with Gasteiger partial charge in [-0.05, 0) is 62.8 Å². The summed E-state index contributed by atoms with van der Waals surface area (Å²) in [5.74, 6) is -1.01. The molecule has 2 N–H and O–H groups in total. The van der Waals surface area contributed by atoms with E-state index in [2.05, 4.69) is 9.71 Å². The quantitative estimate of drug-likeness (QED) is 0.850. The molecule has 0 amide bonds. The van der Waals surface area contributed by atoms with Crippen molar-refractivity contribution in [1.29, 1.82) is 5.26 Å². The first-order valence-electron chi connectivity index (χ1n) is 8.22. The predicted octanol–water partition coefficient (Wildman–Crippen LogP) is 3.68. The van der Waals surface area contributed by atoms with Gasteiger partial charge >= 0.3 is 0 Å². The van der Waals surface area contributed by atoms with Crippen LogP contribution in [-0.2, 0) is 22.9 Å². The van der Waals surface area contributed by atoms with Crippen LogP contribution in [0.25, 0.3) is 0 Å². The lowest BCUT2D eigenvalue weighted by Crippen LogP contribution is -2.31. The van der Waals surface area contributed by atoms with Gasteiger partial charge in [-0.15, -0.1) is 0 Å². The fourth-order valence-corrected chi connectivity index (χ4v) is 4.62. The zero-order chi connectivity index (χ0) is 19.1. The van der Waals surface area contributed by atoms with Crippen LogP contribution in [0.4, 0.5) is 14.5 Å². The van der Waals surface area contributed by atoms with E-state index in [-0.39, 0.29) is 22.1 Å². The zero-order valence-electron chi connectivity index (χ0n) is 14.4. The predicted molar refractivity (Wildman–Crippen MR) is 93.4 cm³/mol. The Morgan fingerprint density at radius 3 is 2.73 bits per heavy atom. The average Bonchev–Trinajstić information content (AvgIpc) is 2.99. The molecule has 0 radical (unpaired) electrons. The van der Waals surface area contributed by atoms with Crippen LogP contribution < -0.4 is 4.72 Å². The number of anilines is 1. The second-order valence-electron chi connectivity index (χ2n) is 7.03. The standard InChI is InChI=1S/C18H19F2N3O2S/c1-18(2,20)12-4-5-13-16(8-12)22-10-17(13)26(24,25)23-15-6-3-11(9-21)7-14(15)19/h3,6-7,10,12,22-23H,4-5,8H2,1-2H3. The molecule has 5 nitrogen and oxygen atoms in total. The van der Waals surface area contributed by atoms with Gasteiger partial charge in [0.2, 0.25) is 0 Å². The smallest absolute Gasteiger partial charge is 0.263 e. The first kappa shape index (κ1) is 18.4. The highest BCUT2D eigenvalue weighted by Gasteiger charge is 2.35. The monoisotopic (exact) mass is 379 g/mol. The number of nitriles is 1. The molecule has 8 heteroatoms. The van der Waals surface area contributed by atoms with Crippen molar-refractivity contribution in [3.05, 3.63) is 47.0 Å². The lowest BCUT2D eigenvalue weighted by molar-refractivity contribution is 0.112. The first-order valence-corrected chi connectivity index (χ1v) is 9.70. The Labute approximate surface area is 151 Å². The van der Waals surface area contributed by atoms with E-state index in [0.717, 1.165) is 6.07 Å². The number of rotatable bonds is 4. The molecule has 0 saturated heterocycles. The number of fused-ring (bicyclic) bond motifs is 1. The second kappa shape index (κ2) is 6.40. The third kappa shape index (κ3) is 3.44. The van der Waals surface area contributed by atoms with E-state index in [1.54, 1.807) is 6.07 Å². The molecule has 26 heavy (non-hydrogen) atoms. The molecule has 0 bridgehead atoms. The van der Waals surface area contributed by atoms with Gasteiger partial charge in [0, 0.05) is 11.9 Å². The molecule has 1 aromatic carbocycles. The van der Waals surface area contributed by atoms with Crippen LogP contribution in [0, 0.1) is 23.1 Å². The van der Waals surface area contributed by atoms with E-state index in [4.69, 9.17) is 5.26 Å². The number of nitrogens with one attached hydrogen (secondary N) is 2. The van der Waals surface area contributed by atoms with E-state index < -0.39 is 21.5 Å². The van der Waals surface area contributed by atoms with Crippen molar-refractivity contribution in [2.75, 3.05) is 4.72 Å². The maximum Gasteiger partial charge on any atom is 0.263 e. The topological polar surface area (TPSA) is 85.8 Å². The fourth-order valence-electron chi connectivity index (χ4n) is 3.29. The normalized spacial score (nSPS) is 17.4. The maximum absolute atomic E-state index is 14.2. The Morgan fingerprint density at radius 1 is 1.38 bits per heavy atom.